The maximum Gasteiger partial charge on any atom is 0.326 e. The van der Waals surface area contributed by atoms with Crippen molar-refractivity contribution in [3.05, 3.63) is 53.0 Å². The highest BCUT2D eigenvalue weighted by atomic mass is 32.2. The van der Waals surface area contributed by atoms with Crippen LogP contribution in [0.4, 0.5) is 0 Å². The van der Waals surface area contributed by atoms with Gasteiger partial charge in [0.05, 0.1) is 4.91 Å². The molecule has 2 amide bonds. The Labute approximate surface area is 179 Å². The summed E-state index contributed by atoms with van der Waals surface area (Å²) < 4.78 is 0.413. The van der Waals surface area contributed by atoms with E-state index in [1.54, 1.807) is 12.2 Å². The average molecular weight is 431 g/mol. The number of nitrogens with zero attached hydrogens (tertiary/aromatic N) is 2. The molecule has 0 bridgehead atoms. The summed E-state index contributed by atoms with van der Waals surface area (Å²) in [5.41, 5.74) is 1.03. The minimum absolute atomic E-state index is 0.0589. The van der Waals surface area contributed by atoms with Gasteiger partial charge in [0.1, 0.15) is 10.4 Å². The molecule has 2 aliphatic heterocycles. The number of benzene rings is 1. The maximum atomic E-state index is 12.6. The van der Waals surface area contributed by atoms with Crippen LogP contribution in [0, 0.1) is 0 Å². The largest absolute Gasteiger partial charge is 0.480 e. The number of carbonyl (C=O) groups is 3. The molecule has 0 aliphatic carbocycles. The standard InChI is InChI=1S/C21H22N2O4S2/c24-18(22-13-5-4-10-16(22)20(26)27)12-14-23-19(25)17(29-21(23)28)11-6-9-15-7-2-1-3-8-15/h1-3,6-9,11,16H,4-5,10,12-14H2,(H,26,27). The van der Waals surface area contributed by atoms with Crippen LogP contribution in [0.5, 0.6) is 0 Å². The second kappa shape index (κ2) is 9.84. The van der Waals surface area contributed by atoms with Crippen molar-refractivity contribution in [3.8, 4) is 0 Å². The highest BCUT2D eigenvalue weighted by Gasteiger charge is 2.35. The summed E-state index contributed by atoms with van der Waals surface area (Å²) in [6.45, 7) is 0.602. The number of carboxylic acid groups (broad SMARTS) is 1. The fraction of sp³-hybridized carbons (Fsp3) is 0.333. The Morgan fingerprint density at radius 1 is 1.24 bits per heavy atom. The predicted octanol–water partition coefficient (Wildman–Crippen LogP) is 3.30. The van der Waals surface area contributed by atoms with Crippen molar-refractivity contribution in [1.82, 2.24) is 9.80 Å². The molecule has 1 aromatic carbocycles. The summed E-state index contributed by atoms with van der Waals surface area (Å²) in [5, 5.41) is 9.32. The Morgan fingerprint density at radius 3 is 2.72 bits per heavy atom. The number of likely N-dealkylation sites (tertiary alicyclic amines) is 1. The summed E-state index contributed by atoms with van der Waals surface area (Å²) in [4.78, 5) is 39.9. The highest BCUT2D eigenvalue weighted by Crippen LogP contribution is 2.31. The van der Waals surface area contributed by atoms with Crippen LogP contribution in [0.15, 0.2) is 47.4 Å². The Bertz CT molecular complexity index is 867. The minimum atomic E-state index is -0.975. The topological polar surface area (TPSA) is 77.9 Å². The summed E-state index contributed by atoms with van der Waals surface area (Å²) in [7, 11) is 0. The number of amides is 2. The molecule has 2 aliphatic rings. The van der Waals surface area contributed by atoms with E-state index in [2.05, 4.69) is 0 Å². The van der Waals surface area contributed by atoms with Crippen molar-refractivity contribution in [3.63, 3.8) is 0 Å². The van der Waals surface area contributed by atoms with Crippen molar-refractivity contribution in [2.45, 2.75) is 31.7 Å². The summed E-state index contributed by atoms with van der Waals surface area (Å²) >= 11 is 6.50. The van der Waals surface area contributed by atoms with E-state index in [9.17, 15) is 19.5 Å². The Hall–Kier alpha value is -2.45. The van der Waals surface area contributed by atoms with Gasteiger partial charge in [-0.2, -0.15) is 0 Å². The van der Waals surface area contributed by atoms with Crippen LogP contribution in [0.3, 0.4) is 0 Å². The van der Waals surface area contributed by atoms with Gasteiger partial charge in [0.15, 0.2) is 0 Å². The zero-order valence-corrected chi connectivity index (χ0v) is 17.5. The summed E-state index contributed by atoms with van der Waals surface area (Å²) in [6.07, 6.45) is 7.56. The molecular formula is C21H22N2O4S2. The van der Waals surface area contributed by atoms with E-state index in [0.717, 1.165) is 18.4 Å². The molecule has 29 heavy (non-hydrogen) atoms. The lowest BCUT2D eigenvalue weighted by atomic mass is 10.0. The van der Waals surface area contributed by atoms with Gasteiger partial charge in [-0.25, -0.2) is 4.79 Å². The van der Waals surface area contributed by atoms with Crippen molar-refractivity contribution >= 4 is 52.2 Å². The number of carboxylic acids is 1. The number of piperidine rings is 1. The lowest BCUT2D eigenvalue weighted by molar-refractivity contribution is -0.152. The second-order valence-corrected chi connectivity index (χ2v) is 8.49. The molecule has 1 N–H and O–H groups in total. The van der Waals surface area contributed by atoms with Crippen molar-refractivity contribution in [2.24, 2.45) is 0 Å². The second-order valence-electron chi connectivity index (χ2n) is 6.81. The number of thioether (sulfide) groups is 1. The van der Waals surface area contributed by atoms with E-state index in [1.165, 1.54) is 21.6 Å². The maximum absolute atomic E-state index is 12.6. The first-order valence-electron chi connectivity index (χ1n) is 9.47. The molecular weight excluding hydrogens is 408 g/mol. The Morgan fingerprint density at radius 2 is 2.00 bits per heavy atom. The summed E-state index contributed by atoms with van der Waals surface area (Å²) in [5.74, 6) is -1.45. The number of thiocarbonyl (C=S) groups is 1. The number of allylic oxidation sites excluding steroid dienone is 2. The highest BCUT2D eigenvalue weighted by molar-refractivity contribution is 8.26. The van der Waals surface area contributed by atoms with Gasteiger partial charge in [-0.15, -0.1) is 0 Å². The van der Waals surface area contributed by atoms with E-state index >= 15 is 0 Å². The zero-order valence-electron chi connectivity index (χ0n) is 15.8. The van der Waals surface area contributed by atoms with Crippen LogP contribution in [-0.2, 0) is 14.4 Å². The number of hydrogen-bond donors (Lipinski definition) is 1. The Balaban J connectivity index is 1.58. The quantitative estimate of drug-likeness (QED) is 0.551. The predicted molar refractivity (Wildman–Crippen MR) is 117 cm³/mol. The van der Waals surface area contributed by atoms with Crippen molar-refractivity contribution in [1.29, 1.82) is 0 Å². The van der Waals surface area contributed by atoms with Crippen LogP contribution in [0.25, 0.3) is 6.08 Å². The van der Waals surface area contributed by atoms with Crippen LogP contribution in [0.2, 0.25) is 0 Å². The van der Waals surface area contributed by atoms with Crippen molar-refractivity contribution in [2.75, 3.05) is 13.1 Å². The third kappa shape index (κ3) is 5.33. The third-order valence-corrected chi connectivity index (χ3v) is 6.26. The molecule has 1 unspecified atom stereocenters. The van der Waals surface area contributed by atoms with Gasteiger partial charge >= 0.3 is 5.97 Å². The normalized spacial score (nSPS) is 21.4. The van der Waals surface area contributed by atoms with Gasteiger partial charge in [-0.3, -0.25) is 14.5 Å². The molecule has 0 saturated carbocycles. The number of aliphatic carboxylic acids is 1. The molecule has 2 fully saturated rings. The SMILES string of the molecule is O=C(O)C1CCCCN1C(=O)CCN1C(=O)C(=CC=Cc2ccccc2)SC1=S. The smallest absolute Gasteiger partial charge is 0.326 e. The Kier molecular flexibility index (Phi) is 7.22. The fourth-order valence-corrected chi connectivity index (χ4v) is 4.62. The van der Waals surface area contributed by atoms with Gasteiger partial charge in [0.25, 0.3) is 5.91 Å². The molecule has 2 heterocycles. The first-order chi connectivity index (χ1) is 14.0. The average Bonchev–Trinajstić information content (AvgIpc) is 2.99. The van der Waals surface area contributed by atoms with Crippen LogP contribution in [0.1, 0.15) is 31.2 Å². The number of carbonyl (C=O) groups excluding carboxylic acids is 2. The number of hydrogen-bond acceptors (Lipinski definition) is 5. The fourth-order valence-electron chi connectivity index (χ4n) is 3.36. The zero-order chi connectivity index (χ0) is 20.8. The minimum Gasteiger partial charge on any atom is -0.480 e. The molecule has 0 spiro atoms. The van der Waals surface area contributed by atoms with Crippen molar-refractivity contribution < 1.29 is 19.5 Å². The molecule has 0 radical (unpaired) electrons. The van der Waals surface area contributed by atoms with E-state index in [-0.39, 0.29) is 24.8 Å². The van der Waals surface area contributed by atoms with E-state index in [1.807, 2.05) is 36.4 Å². The molecule has 1 aromatic rings. The van der Waals surface area contributed by atoms with Crippen LogP contribution < -0.4 is 0 Å². The number of rotatable bonds is 6. The van der Waals surface area contributed by atoms with E-state index in [0.29, 0.717) is 22.2 Å². The lowest BCUT2D eigenvalue weighted by Crippen LogP contribution is -2.48. The molecule has 1 atom stereocenters. The molecule has 3 rings (SSSR count). The summed E-state index contributed by atoms with van der Waals surface area (Å²) in [6, 6.07) is 8.97. The molecule has 2 saturated heterocycles. The van der Waals surface area contributed by atoms with Gasteiger partial charge in [-0.1, -0.05) is 66.5 Å². The van der Waals surface area contributed by atoms with E-state index < -0.39 is 12.0 Å². The third-order valence-electron chi connectivity index (χ3n) is 4.87. The first kappa shape index (κ1) is 21.3. The van der Waals surface area contributed by atoms with E-state index in [4.69, 9.17) is 12.2 Å². The first-order valence-corrected chi connectivity index (χ1v) is 10.7. The van der Waals surface area contributed by atoms with Crippen LogP contribution >= 0.6 is 24.0 Å². The molecule has 6 nitrogen and oxygen atoms in total. The monoisotopic (exact) mass is 430 g/mol. The lowest BCUT2D eigenvalue weighted by Gasteiger charge is -2.33. The van der Waals surface area contributed by atoms with Gasteiger partial charge in [0.2, 0.25) is 5.91 Å². The molecule has 152 valence electrons. The van der Waals surface area contributed by atoms with Crippen LogP contribution in [-0.4, -0.2) is 56.1 Å². The molecule has 8 heteroatoms. The molecule has 0 aromatic heterocycles. The van der Waals surface area contributed by atoms with Gasteiger partial charge in [-0.05, 0) is 30.9 Å². The van der Waals surface area contributed by atoms with Gasteiger partial charge in [0, 0.05) is 19.5 Å². The van der Waals surface area contributed by atoms with Gasteiger partial charge < -0.3 is 10.0 Å².